The molecule has 3 amide bonds. The van der Waals surface area contributed by atoms with Gasteiger partial charge in [-0.25, -0.2) is 9.69 Å². The first kappa shape index (κ1) is 22.8. The van der Waals surface area contributed by atoms with Gasteiger partial charge in [-0.2, -0.15) is 0 Å². The molecule has 0 aliphatic carbocycles. The van der Waals surface area contributed by atoms with Crippen LogP contribution in [0, 0.1) is 0 Å². The van der Waals surface area contributed by atoms with Crippen LogP contribution in [0.4, 0.5) is 11.4 Å². The van der Waals surface area contributed by atoms with Crippen LogP contribution in [0.5, 0.6) is 0 Å². The van der Waals surface area contributed by atoms with E-state index < -0.39 is 17.1 Å². The number of imide groups is 1. The first-order chi connectivity index (χ1) is 15.8. The monoisotopic (exact) mass is 524 g/mol. The number of nitrogens with zero attached hydrogens (tertiary/aromatic N) is 1. The summed E-state index contributed by atoms with van der Waals surface area (Å²) in [4.78, 5) is 51.1. The molecule has 166 valence electrons. The highest BCUT2D eigenvalue weighted by Gasteiger charge is 2.40. The Labute approximate surface area is 201 Å². The summed E-state index contributed by atoms with van der Waals surface area (Å²) in [5.41, 5.74) is 0.999. The second-order valence-corrected chi connectivity index (χ2v) is 9.38. The van der Waals surface area contributed by atoms with Crippen LogP contribution in [0.2, 0.25) is 0 Å². The van der Waals surface area contributed by atoms with Crippen LogP contribution in [0.1, 0.15) is 27.1 Å². The Balaban J connectivity index is 1.42. The van der Waals surface area contributed by atoms with Crippen molar-refractivity contribution in [1.82, 2.24) is 0 Å². The molecule has 33 heavy (non-hydrogen) atoms. The van der Waals surface area contributed by atoms with E-state index in [0.717, 1.165) is 9.37 Å². The van der Waals surface area contributed by atoms with Gasteiger partial charge >= 0.3 is 5.97 Å². The summed E-state index contributed by atoms with van der Waals surface area (Å²) in [6.07, 6.45) is 0.101. The maximum atomic E-state index is 12.8. The molecule has 1 aliphatic heterocycles. The molecule has 0 saturated carbocycles. The Morgan fingerprint density at radius 1 is 0.939 bits per heavy atom. The Kier molecular flexibility index (Phi) is 6.62. The van der Waals surface area contributed by atoms with Crippen molar-refractivity contribution < 1.29 is 24.3 Å². The molecule has 1 fully saturated rings. The zero-order chi connectivity index (χ0) is 23.5. The van der Waals surface area contributed by atoms with Crippen LogP contribution in [0.15, 0.2) is 82.2 Å². The fourth-order valence-corrected chi connectivity index (χ4v) is 4.72. The van der Waals surface area contributed by atoms with Gasteiger partial charge in [0.2, 0.25) is 11.8 Å². The van der Waals surface area contributed by atoms with E-state index in [1.807, 2.05) is 0 Å². The summed E-state index contributed by atoms with van der Waals surface area (Å²) in [6, 6.07) is 19.8. The van der Waals surface area contributed by atoms with E-state index in [-0.39, 0.29) is 29.4 Å². The standard InChI is InChI=1S/C24H17BrN2O5S/c25-14-5-9-16(10-6-14)27-21(28)13-20(23(27)30)33-17-11-7-15(8-12-17)26-22(29)18-3-1-2-4-19(18)24(31)32/h1-12,20H,13H2,(H,26,29)(H,31,32). The lowest BCUT2D eigenvalue weighted by molar-refractivity contribution is -0.121. The maximum Gasteiger partial charge on any atom is 0.336 e. The summed E-state index contributed by atoms with van der Waals surface area (Å²) in [7, 11) is 0. The molecule has 1 unspecified atom stereocenters. The average Bonchev–Trinajstić information content (AvgIpc) is 3.08. The average molecular weight is 525 g/mol. The second kappa shape index (κ2) is 9.60. The van der Waals surface area contributed by atoms with E-state index in [0.29, 0.717) is 11.4 Å². The van der Waals surface area contributed by atoms with Crippen molar-refractivity contribution in [2.45, 2.75) is 16.6 Å². The Hall–Kier alpha value is -3.43. The third-order valence-electron chi connectivity index (χ3n) is 4.98. The first-order valence-corrected chi connectivity index (χ1v) is 11.5. The van der Waals surface area contributed by atoms with Gasteiger partial charge in [0.1, 0.15) is 0 Å². The topological polar surface area (TPSA) is 104 Å². The van der Waals surface area contributed by atoms with Gasteiger partial charge < -0.3 is 10.4 Å². The Morgan fingerprint density at radius 3 is 2.21 bits per heavy atom. The van der Waals surface area contributed by atoms with Gasteiger partial charge in [0.15, 0.2) is 0 Å². The van der Waals surface area contributed by atoms with Gasteiger partial charge in [0.25, 0.3) is 5.91 Å². The molecule has 9 heteroatoms. The van der Waals surface area contributed by atoms with Crippen molar-refractivity contribution in [3.63, 3.8) is 0 Å². The number of amides is 3. The highest BCUT2D eigenvalue weighted by molar-refractivity contribution is 9.10. The fourth-order valence-electron chi connectivity index (χ4n) is 3.40. The van der Waals surface area contributed by atoms with Crippen molar-refractivity contribution in [3.8, 4) is 0 Å². The number of anilines is 2. The molecule has 0 spiro atoms. The van der Waals surface area contributed by atoms with Gasteiger partial charge in [-0.05, 0) is 60.7 Å². The van der Waals surface area contributed by atoms with Gasteiger partial charge in [-0.1, -0.05) is 28.1 Å². The lowest BCUT2D eigenvalue weighted by Gasteiger charge is -2.15. The summed E-state index contributed by atoms with van der Waals surface area (Å²) >= 11 is 4.62. The van der Waals surface area contributed by atoms with E-state index in [1.165, 1.54) is 28.8 Å². The van der Waals surface area contributed by atoms with Crippen molar-refractivity contribution in [1.29, 1.82) is 0 Å². The van der Waals surface area contributed by atoms with E-state index >= 15 is 0 Å². The van der Waals surface area contributed by atoms with E-state index in [9.17, 15) is 24.3 Å². The Bertz CT molecular complexity index is 1240. The molecule has 0 aromatic heterocycles. The molecule has 1 heterocycles. The summed E-state index contributed by atoms with van der Waals surface area (Å²) in [6.45, 7) is 0. The molecule has 1 aliphatic rings. The zero-order valence-electron chi connectivity index (χ0n) is 17.0. The number of carboxylic acid groups (broad SMARTS) is 1. The van der Waals surface area contributed by atoms with Crippen molar-refractivity contribution >= 4 is 62.8 Å². The number of carbonyl (C=O) groups is 4. The summed E-state index contributed by atoms with van der Waals surface area (Å²) < 4.78 is 0.856. The zero-order valence-corrected chi connectivity index (χ0v) is 19.4. The fraction of sp³-hybridized carbons (Fsp3) is 0.0833. The number of thioether (sulfide) groups is 1. The SMILES string of the molecule is O=C(O)c1ccccc1C(=O)Nc1ccc(SC2CC(=O)N(c3ccc(Br)cc3)C2=O)cc1. The number of nitrogens with one attached hydrogen (secondary N) is 1. The van der Waals surface area contributed by atoms with Crippen molar-refractivity contribution in [2.75, 3.05) is 10.2 Å². The minimum Gasteiger partial charge on any atom is -0.478 e. The quantitative estimate of drug-likeness (QED) is 0.448. The number of benzene rings is 3. The lowest BCUT2D eigenvalue weighted by Crippen LogP contribution is -2.31. The molecule has 0 radical (unpaired) electrons. The van der Waals surface area contributed by atoms with Gasteiger partial charge in [-0.3, -0.25) is 14.4 Å². The second-order valence-electron chi connectivity index (χ2n) is 7.18. The predicted octanol–water partition coefficient (Wildman–Crippen LogP) is 4.82. The molecular weight excluding hydrogens is 508 g/mol. The number of halogens is 1. The molecule has 1 atom stereocenters. The molecular formula is C24H17BrN2O5S. The maximum absolute atomic E-state index is 12.8. The van der Waals surface area contributed by atoms with Crippen LogP contribution in [0.25, 0.3) is 0 Å². The van der Waals surface area contributed by atoms with Gasteiger partial charge in [-0.15, -0.1) is 11.8 Å². The van der Waals surface area contributed by atoms with E-state index in [4.69, 9.17) is 0 Å². The number of carboxylic acids is 1. The van der Waals surface area contributed by atoms with E-state index in [1.54, 1.807) is 60.7 Å². The van der Waals surface area contributed by atoms with Crippen molar-refractivity contribution in [3.05, 3.63) is 88.4 Å². The highest BCUT2D eigenvalue weighted by Crippen LogP contribution is 2.34. The number of rotatable bonds is 6. The third kappa shape index (κ3) is 4.99. The molecule has 2 N–H and O–H groups in total. The molecule has 4 rings (SSSR count). The smallest absolute Gasteiger partial charge is 0.336 e. The minimum atomic E-state index is -1.18. The minimum absolute atomic E-state index is 0.0616. The van der Waals surface area contributed by atoms with Crippen LogP contribution in [0.3, 0.4) is 0 Å². The molecule has 3 aromatic rings. The normalized spacial score (nSPS) is 15.5. The Morgan fingerprint density at radius 2 is 1.58 bits per heavy atom. The van der Waals surface area contributed by atoms with Crippen molar-refractivity contribution in [2.24, 2.45) is 0 Å². The van der Waals surface area contributed by atoms with Crippen LogP contribution < -0.4 is 10.2 Å². The molecule has 0 bridgehead atoms. The first-order valence-electron chi connectivity index (χ1n) is 9.86. The molecule has 3 aromatic carbocycles. The van der Waals surface area contributed by atoms with Crippen LogP contribution in [-0.2, 0) is 9.59 Å². The third-order valence-corrected chi connectivity index (χ3v) is 6.71. The lowest BCUT2D eigenvalue weighted by atomic mass is 10.1. The van der Waals surface area contributed by atoms with Crippen LogP contribution >= 0.6 is 27.7 Å². The predicted molar refractivity (Wildman–Crippen MR) is 129 cm³/mol. The van der Waals surface area contributed by atoms with Gasteiger partial charge in [0.05, 0.1) is 22.1 Å². The summed E-state index contributed by atoms with van der Waals surface area (Å²) in [5.74, 6) is -2.23. The van der Waals surface area contributed by atoms with E-state index in [2.05, 4.69) is 21.2 Å². The largest absolute Gasteiger partial charge is 0.478 e. The number of hydrogen-bond donors (Lipinski definition) is 2. The molecule has 7 nitrogen and oxygen atoms in total. The number of aromatic carboxylic acids is 1. The number of carbonyl (C=O) groups excluding carboxylic acids is 3. The summed E-state index contributed by atoms with van der Waals surface area (Å²) in [5, 5.41) is 11.4. The van der Waals surface area contributed by atoms with Gasteiger partial charge in [0, 0.05) is 21.5 Å². The molecule has 1 saturated heterocycles. The number of hydrogen-bond acceptors (Lipinski definition) is 5. The van der Waals surface area contributed by atoms with Crippen LogP contribution in [-0.4, -0.2) is 34.0 Å². The highest BCUT2D eigenvalue weighted by atomic mass is 79.9.